The summed E-state index contributed by atoms with van der Waals surface area (Å²) in [4.78, 5) is 16.2. The Labute approximate surface area is 108 Å². The summed E-state index contributed by atoms with van der Waals surface area (Å²) in [5.41, 5.74) is 7.85. The third-order valence-electron chi connectivity index (χ3n) is 3.56. The van der Waals surface area contributed by atoms with Crippen molar-refractivity contribution in [2.75, 3.05) is 31.1 Å². The summed E-state index contributed by atoms with van der Waals surface area (Å²) >= 11 is 0. The number of hydrogen-bond donors (Lipinski definition) is 1. The van der Waals surface area contributed by atoms with Crippen molar-refractivity contribution in [3.8, 4) is 0 Å². The summed E-state index contributed by atoms with van der Waals surface area (Å²) in [6.07, 6.45) is 0. The highest BCUT2D eigenvalue weighted by atomic mass is 16.2. The van der Waals surface area contributed by atoms with E-state index < -0.39 is 0 Å². The topological polar surface area (TPSA) is 49.6 Å². The summed E-state index contributed by atoms with van der Waals surface area (Å²) in [5.74, 6) is 0.158. The smallest absolute Gasteiger partial charge is 0.241 e. The first-order chi connectivity index (χ1) is 8.61. The van der Waals surface area contributed by atoms with Crippen LogP contribution in [0.2, 0.25) is 0 Å². The van der Waals surface area contributed by atoms with Gasteiger partial charge in [0.15, 0.2) is 0 Å². The minimum Gasteiger partial charge on any atom is -0.329 e. The molecule has 0 radical (unpaired) electrons. The van der Waals surface area contributed by atoms with E-state index in [1.54, 1.807) is 0 Å². The molecule has 1 aromatic rings. The summed E-state index contributed by atoms with van der Waals surface area (Å²) in [6.45, 7) is 6.80. The lowest BCUT2D eigenvalue weighted by molar-refractivity contribution is -0.121. The van der Waals surface area contributed by atoms with Crippen molar-refractivity contribution in [3.63, 3.8) is 0 Å². The number of nitrogens with zero attached hydrogens (tertiary/aromatic N) is 2. The number of aryl methyl sites for hydroxylation is 1. The SMILES string of the molecule is Cc1ccc(N2CCN(C(C)CN)CC2=O)cc1. The molecule has 18 heavy (non-hydrogen) atoms. The number of nitrogens with two attached hydrogens (primary N) is 1. The summed E-state index contributed by atoms with van der Waals surface area (Å²) in [7, 11) is 0. The molecule has 1 aliphatic rings. The molecule has 1 heterocycles. The van der Waals surface area contributed by atoms with E-state index in [0.29, 0.717) is 13.1 Å². The second-order valence-electron chi connectivity index (χ2n) is 4.94. The van der Waals surface area contributed by atoms with Crippen LogP contribution in [0.25, 0.3) is 0 Å². The molecule has 1 atom stereocenters. The van der Waals surface area contributed by atoms with Crippen molar-refractivity contribution in [2.24, 2.45) is 5.73 Å². The van der Waals surface area contributed by atoms with Gasteiger partial charge in [0.1, 0.15) is 0 Å². The van der Waals surface area contributed by atoms with Gasteiger partial charge in [-0.15, -0.1) is 0 Å². The Morgan fingerprint density at radius 1 is 1.28 bits per heavy atom. The first kappa shape index (κ1) is 13.1. The van der Waals surface area contributed by atoms with E-state index in [0.717, 1.165) is 18.8 Å². The number of piperazine rings is 1. The average Bonchev–Trinajstić information content (AvgIpc) is 2.39. The van der Waals surface area contributed by atoms with Crippen LogP contribution in [0.3, 0.4) is 0 Å². The van der Waals surface area contributed by atoms with Crippen LogP contribution in [0.5, 0.6) is 0 Å². The highest BCUT2D eigenvalue weighted by molar-refractivity contribution is 5.95. The van der Waals surface area contributed by atoms with Gasteiger partial charge in [-0.25, -0.2) is 0 Å². The van der Waals surface area contributed by atoms with Gasteiger partial charge in [-0.3, -0.25) is 9.69 Å². The van der Waals surface area contributed by atoms with Crippen molar-refractivity contribution >= 4 is 11.6 Å². The van der Waals surface area contributed by atoms with Gasteiger partial charge < -0.3 is 10.6 Å². The largest absolute Gasteiger partial charge is 0.329 e. The van der Waals surface area contributed by atoms with Gasteiger partial charge in [-0.2, -0.15) is 0 Å². The van der Waals surface area contributed by atoms with Crippen molar-refractivity contribution in [1.29, 1.82) is 0 Å². The number of carbonyl (C=O) groups excluding carboxylic acids is 1. The van der Waals surface area contributed by atoms with Crippen LogP contribution in [0, 0.1) is 6.92 Å². The first-order valence-electron chi connectivity index (χ1n) is 6.43. The zero-order chi connectivity index (χ0) is 13.1. The molecule has 4 heteroatoms. The third-order valence-corrected chi connectivity index (χ3v) is 3.56. The van der Waals surface area contributed by atoms with E-state index in [4.69, 9.17) is 5.73 Å². The fourth-order valence-corrected chi connectivity index (χ4v) is 2.21. The maximum absolute atomic E-state index is 12.2. The Morgan fingerprint density at radius 3 is 2.50 bits per heavy atom. The number of amides is 1. The van der Waals surface area contributed by atoms with Crippen LogP contribution in [-0.2, 0) is 4.79 Å². The van der Waals surface area contributed by atoms with Gasteiger partial charge in [0, 0.05) is 31.4 Å². The lowest BCUT2D eigenvalue weighted by Crippen LogP contribution is -2.54. The van der Waals surface area contributed by atoms with Gasteiger partial charge in [0.2, 0.25) is 5.91 Å². The predicted molar refractivity (Wildman–Crippen MR) is 73.6 cm³/mol. The number of anilines is 1. The molecule has 0 bridgehead atoms. The van der Waals surface area contributed by atoms with Crippen LogP contribution in [0.15, 0.2) is 24.3 Å². The monoisotopic (exact) mass is 247 g/mol. The summed E-state index contributed by atoms with van der Waals surface area (Å²) < 4.78 is 0. The Balaban J connectivity index is 2.05. The molecule has 1 unspecified atom stereocenters. The Morgan fingerprint density at radius 2 is 1.94 bits per heavy atom. The highest BCUT2D eigenvalue weighted by Crippen LogP contribution is 2.18. The molecule has 0 spiro atoms. The van der Waals surface area contributed by atoms with Gasteiger partial charge in [0.05, 0.1) is 6.54 Å². The minimum atomic E-state index is 0.158. The molecular formula is C14H21N3O. The molecule has 1 aromatic carbocycles. The molecule has 98 valence electrons. The van der Waals surface area contributed by atoms with Gasteiger partial charge >= 0.3 is 0 Å². The molecule has 2 rings (SSSR count). The van der Waals surface area contributed by atoms with Crippen LogP contribution < -0.4 is 10.6 Å². The number of hydrogen-bond acceptors (Lipinski definition) is 3. The van der Waals surface area contributed by atoms with E-state index in [2.05, 4.69) is 11.8 Å². The number of carbonyl (C=O) groups is 1. The van der Waals surface area contributed by atoms with Crippen molar-refractivity contribution in [1.82, 2.24) is 4.90 Å². The van der Waals surface area contributed by atoms with Crippen molar-refractivity contribution in [2.45, 2.75) is 19.9 Å². The fraction of sp³-hybridized carbons (Fsp3) is 0.500. The lowest BCUT2D eigenvalue weighted by Gasteiger charge is -2.37. The molecule has 0 aliphatic carbocycles. The fourth-order valence-electron chi connectivity index (χ4n) is 2.21. The maximum Gasteiger partial charge on any atom is 0.241 e. The predicted octanol–water partition coefficient (Wildman–Crippen LogP) is 0.991. The molecule has 1 saturated heterocycles. The molecule has 1 fully saturated rings. The standard InChI is InChI=1S/C14H21N3O/c1-11-3-5-13(6-4-11)17-8-7-16(10-14(17)18)12(2)9-15/h3-6,12H,7-10,15H2,1-2H3. The van der Waals surface area contributed by atoms with Crippen LogP contribution >= 0.6 is 0 Å². The Hall–Kier alpha value is -1.39. The summed E-state index contributed by atoms with van der Waals surface area (Å²) in [5, 5.41) is 0. The zero-order valence-electron chi connectivity index (χ0n) is 11.1. The average molecular weight is 247 g/mol. The second-order valence-corrected chi connectivity index (χ2v) is 4.94. The zero-order valence-corrected chi connectivity index (χ0v) is 11.1. The van der Waals surface area contributed by atoms with E-state index in [-0.39, 0.29) is 11.9 Å². The molecule has 0 saturated carbocycles. The molecule has 1 aliphatic heterocycles. The second kappa shape index (κ2) is 5.50. The van der Waals surface area contributed by atoms with E-state index in [9.17, 15) is 4.79 Å². The third kappa shape index (κ3) is 2.71. The quantitative estimate of drug-likeness (QED) is 0.866. The molecule has 1 amide bonds. The highest BCUT2D eigenvalue weighted by Gasteiger charge is 2.27. The number of benzene rings is 1. The Kier molecular flexibility index (Phi) is 3.99. The number of rotatable bonds is 3. The molecule has 4 nitrogen and oxygen atoms in total. The van der Waals surface area contributed by atoms with E-state index in [1.165, 1.54) is 5.56 Å². The van der Waals surface area contributed by atoms with E-state index >= 15 is 0 Å². The van der Waals surface area contributed by atoms with Gasteiger partial charge in [-0.1, -0.05) is 17.7 Å². The van der Waals surface area contributed by atoms with Gasteiger partial charge in [0.25, 0.3) is 0 Å². The maximum atomic E-state index is 12.2. The Bertz CT molecular complexity index is 416. The minimum absolute atomic E-state index is 0.158. The lowest BCUT2D eigenvalue weighted by atomic mass is 10.1. The normalized spacial score (nSPS) is 19.1. The van der Waals surface area contributed by atoms with E-state index in [1.807, 2.05) is 36.1 Å². The van der Waals surface area contributed by atoms with Crippen LogP contribution in [-0.4, -0.2) is 43.0 Å². The first-order valence-corrected chi connectivity index (χ1v) is 6.43. The van der Waals surface area contributed by atoms with Gasteiger partial charge in [-0.05, 0) is 26.0 Å². The van der Waals surface area contributed by atoms with Crippen molar-refractivity contribution < 1.29 is 4.79 Å². The molecule has 0 aromatic heterocycles. The van der Waals surface area contributed by atoms with Crippen LogP contribution in [0.1, 0.15) is 12.5 Å². The summed E-state index contributed by atoms with van der Waals surface area (Å²) in [6, 6.07) is 8.37. The molecule has 2 N–H and O–H groups in total. The van der Waals surface area contributed by atoms with Crippen LogP contribution in [0.4, 0.5) is 5.69 Å². The van der Waals surface area contributed by atoms with Crippen molar-refractivity contribution in [3.05, 3.63) is 29.8 Å². The molecular weight excluding hydrogens is 226 g/mol.